The molecular weight excluding hydrogens is 262 g/mol. The second-order valence-electron chi connectivity index (χ2n) is 6.42. The molecule has 0 spiro atoms. The monoisotopic (exact) mass is 287 g/mol. The number of hydrogen-bond acceptors (Lipinski definition) is 3. The number of amides is 1. The van der Waals surface area contributed by atoms with Crippen molar-refractivity contribution in [2.75, 3.05) is 43.4 Å². The molecular formula is C17H25N3O. The van der Waals surface area contributed by atoms with Crippen molar-refractivity contribution in [1.82, 2.24) is 4.90 Å². The molecule has 1 unspecified atom stereocenters. The van der Waals surface area contributed by atoms with Gasteiger partial charge in [0.25, 0.3) is 0 Å². The lowest BCUT2D eigenvalue weighted by Gasteiger charge is -2.30. The van der Waals surface area contributed by atoms with Crippen LogP contribution in [-0.4, -0.2) is 44.0 Å². The Hall–Kier alpha value is -1.55. The molecule has 0 bridgehead atoms. The van der Waals surface area contributed by atoms with Crippen LogP contribution in [0, 0.1) is 5.92 Å². The first-order valence-electron chi connectivity index (χ1n) is 7.97. The lowest BCUT2D eigenvalue weighted by molar-refractivity contribution is -0.116. The molecule has 21 heavy (non-hydrogen) atoms. The molecule has 4 nitrogen and oxygen atoms in total. The molecule has 114 valence electrons. The predicted octanol–water partition coefficient (Wildman–Crippen LogP) is 2.35. The number of carbonyl (C=O) groups excluding carboxylic acids is 1. The highest BCUT2D eigenvalue weighted by atomic mass is 16.2. The lowest BCUT2D eigenvalue weighted by atomic mass is 9.98. The molecule has 3 rings (SSSR count). The summed E-state index contributed by atoms with van der Waals surface area (Å²) in [7, 11) is 2.21. The SMILES string of the molecule is CC(=O)N1CCc2cc(NCC3CCCN(C)C3)ccc21. The second kappa shape index (κ2) is 6.06. The van der Waals surface area contributed by atoms with E-state index in [4.69, 9.17) is 0 Å². The summed E-state index contributed by atoms with van der Waals surface area (Å²) in [5.74, 6) is 0.880. The number of nitrogens with one attached hydrogen (secondary N) is 1. The Balaban J connectivity index is 1.61. The molecule has 1 aromatic rings. The van der Waals surface area contributed by atoms with Crippen LogP contribution in [0.4, 0.5) is 11.4 Å². The van der Waals surface area contributed by atoms with Crippen LogP contribution in [-0.2, 0) is 11.2 Å². The van der Waals surface area contributed by atoms with Gasteiger partial charge < -0.3 is 15.1 Å². The van der Waals surface area contributed by atoms with Crippen molar-refractivity contribution in [2.45, 2.75) is 26.2 Å². The zero-order valence-electron chi connectivity index (χ0n) is 13.1. The van der Waals surface area contributed by atoms with E-state index in [0.717, 1.165) is 31.1 Å². The van der Waals surface area contributed by atoms with Crippen molar-refractivity contribution in [1.29, 1.82) is 0 Å². The van der Waals surface area contributed by atoms with E-state index in [9.17, 15) is 4.79 Å². The number of fused-ring (bicyclic) bond motifs is 1. The van der Waals surface area contributed by atoms with Crippen LogP contribution in [0.25, 0.3) is 0 Å². The maximum Gasteiger partial charge on any atom is 0.223 e. The van der Waals surface area contributed by atoms with E-state index in [2.05, 4.69) is 35.5 Å². The van der Waals surface area contributed by atoms with Gasteiger partial charge in [0.2, 0.25) is 5.91 Å². The minimum Gasteiger partial charge on any atom is -0.385 e. The number of likely N-dealkylation sites (tertiary alicyclic amines) is 1. The minimum absolute atomic E-state index is 0.139. The fraction of sp³-hybridized carbons (Fsp3) is 0.588. The van der Waals surface area contributed by atoms with Crippen LogP contribution in [0.15, 0.2) is 18.2 Å². The Kier molecular flexibility index (Phi) is 4.15. The summed E-state index contributed by atoms with van der Waals surface area (Å²) in [6.07, 6.45) is 3.59. The Labute approximate surface area is 127 Å². The van der Waals surface area contributed by atoms with Gasteiger partial charge in [-0.05, 0) is 62.5 Å². The molecule has 2 aliphatic rings. The quantitative estimate of drug-likeness (QED) is 0.927. The third-order valence-corrected chi connectivity index (χ3v) is 4.67. The van der Waals surface area contributed by atoms with Crippen molar-refractivity contribution >= 4 is 17.3 Å². The second-order valence-corrected chi connectivity index (χ2v) is 6.42. The zero-order valence-corrected chi connectivity index (χ0v) is 13.1. The molecule has 0 aromatic heterocycles. The number of carbonyl (C=O) groups is 1. The Morgan fingerprint density at radius 2 is 2.24 bits per heavy atom. The van der Waals surface area contributed by atoms with Crippen LogP contribution in [0.1, 0.15) is 25.3 Å². The fourth-order valence-corrected chi connectivity index (χ4v) is 3.54. The molecule has 1 atom stereocenters. The van der Waals surface area contributed by atoms with Gasteiger partial charge in [-0.2, -0.15) is 0 Å². The highest BCUT2D eigenvalue weighted by Crippen LogP contribution is 2.30. The van der Waals surface area contributed by atoms with Gasteiger partial charge in [0.05, 0.1) is 0 Å². The van der Waals surface area contributed by atoms with E-state index in [1.807, 2.05) is 4.90 Å². The standard InChI is InChI=1S/C17H25N3O/c1-13(21)20-9-7-15-10-16(5-6-17(15)20)18-11-14-4-3-8-19(2)12-14/h5-6,10,14,18H,3-4,7-9,11-12H2,1-2H3. The average molecular weight is 287 g/mol. The first-order valence-corrected chi connectivity index (χ1v) is 7.97. The maximum atomic E-state index is 11.6. The molecule has 1 aromatic carbocycles. The van der Waals surface area contributed by atoms with Gasteiger partial charge in [0.1, 0.15) is 0 Å². The number of anilines is 2. The molecule has 0 radical (unpaired) electrons. The van der Waals surface area contributed by atoms with Crippen molar-refractivity contribution in [3.8, 4) is 0 Å². The van der Waals surface area contributed by atoms with E-state index >= 15 is 0 Å². The number of nitrogens with zero attached hydrogens (tertiary/aromatic N) is 2. The van der Waals surface area contributed by atoms with E-state index < -0.39 is 0 Å². The summed E-state index contributed by atoms with van der Waals surface area (Å²) in [6.45, 7) is 5.92. The van der Waals surface area contributed by atoms with Gasteiger partial charge >= 0.3 is 0 Å². The molecule has 1 fully saturated rings. The molecule has 0 aliphatic carbocycles. The van der Waals surface area contributed by atoms with Crippen LogP contribution in [0.2, 0.25) is 0 Å². The fourth-order valence-electron chi connectivity index (χ4n) is 3.54. The van der Waals surface area contributed by atoms with Gasteiger partial charge in [-0.3, -0.25) is 4.79 Å². The third-order valence-electron chi connectivity index (χ3n) is 4.67. The smallest absolute Gasteiger partial charge is 0.223 e. The first-order chi connectivity index (χ1) is 10.1. The molecule has 2 aliphatic heterocycles. The van der Waals surface area contributed by atoms with Crippen molar-refractivity contribution in [3.63, 3.8) is 0 Å². The number of hydrogen-bond donors (Lipinski definition) is 1. The van der Waals surface area contributed by atoms with Gasteiger partial charge in [-0.25, -0.2) is 0 Å². The lowest BCUT2D eigenvalue weighted by Crippen LogP contribution is -2.35. The summed E-state index contributed by atoms with van der Waals surface area (Å²) < 4.78 is 0. The molecule has 1 amide bonds. The number of rotatable bonds is 3. The normalized spacial score (nSPS) is 22.2. The highest BCUT2D eigenvalue weighted by Gasteiger charge is 2.22. The number of piperidine rings is 1. The minimum atomic E-state index is 0.139. The van der Waals surface area contributed by atoms with Gasteiger partial charge in [-0.15, -0.1) is 0 Å². The Bertz CT molecular complexity index is 529. The van der Waals surface area contributed by atoms with Crippen LogP contribution in [0.5, 0.6) is 0 Å². The molecule has 2 heterocycles. The van der Waals surface area contributed by atoms with E-state index in [1.165, 1.54) is 37.2 Å². The topological polar surface area (TPSA) is 35.6 Å². The van der Waals surface area contributed by atoms with Crippen LogP contribution < -0.4 is 10.2 Å². The van der Waals surface area contributed by atoms with Crippen LogP contribution in [0.3, 0.4) is 0 Å². The summed E-state index contributed by atoms with van der Waals surface area (Å²) in [5.41, 5.74) is 3.56. The van der Waals surface area contributed by atoms with Crippen LogP contribution >= 0.6 is 0 Å². The van der Waals surface area contributed by atoms with Crippen molar-refractivity contribution in [2.24, 2.45) is 5.92 Å². The highest BCUT2D eigenvalue weighted by molar-refractivity contribution is 5.94. The molecule has 0 saturated carbocycles. The zero-order chi connectivity index (χ0) is 14.8. The van der Waals surface area contributed by atoms with E-state index in [1.54, 1.807) is 6.92 Å². The summed E-state index contributed by atoms with van der Waals surface area (Å²) in [5, 5.41) is 3.58. The van der Waals surface area contributed by atoms with E-state index in [-0.39, 0.29) is 5.91 Å². The predicted molar refractivity (Wildman–Crippen MR) is 86.9 cm³/mol. The summed E-state index contributed by atoms with van der Waals surface area (Å²) in [4.78, 5) is 15.9. The molecule has 1 N–H and O–H groups in total. The Morgan fingerprint density at radius 3 is 3.00 bits per heavy atom. The average Bonchev–Trinajstić information content (AvgIpc) is 2.88. The van der Waals surface area contributed by atoms with E-state index in [0.29, 0.717) is 0 Å². The molecule has 1 saturated heterocycles. The van der Waals surface area contributed by atoms with Crippen molar-refractivity contribution < 1.29 is 4.79 Å². The van der Waals surface area contributed by atoms with Gasteiger partial charge in [0.15, 0.2) is 0 Å². The maximum absolute atomic E-state index is 11.6. The molecule has 4 heteroatoms. The third kappa shape index (κ3) is 3.21. The summed E-state index contributed by atoms with van der Waals surface area (Å²) in [6, 6.07) is 6.40. The Morgan fingerprint density at radius 1 is 1.38 bits per heavy atom. The first kappa shape index (κ1) is 14.4. The number of benzene rings is 1. The van der Waals surface area contributed by atoms with Gasteiger partial charge in [-0.1, -0.05) is 0 Å². The van der Waals surface area contributed by atoms with Gasteiger partial charge in [0, 0.05) is 37.9 Å². The van der Waals surface area contributed by atoms with Crippen molar-refractivity contribution in [3.05, 3.63) is 23.8 Å². The largest absolute Gasteiger partial charge is 0.385 e. The summed E-state index contributed by atoms with van der Waals surface area (Å²) >= 11 is 0.